The van der Waals surface area contributed by atoms with E-state index in [0.29, 0.717) is 11.3 Å². The average molecular weight is 460 g/mol. The zero-order chi connectivity index (χ0) is 18.5. The largest absolute Gasteiger partial charge is 0.451 e. The highest BCUT2D eigenvalue weighted by Gasteiger charge is 2.23. The maximum Gasteiger partial charge on any atom is 0.287 e. The molecule has 132 valence electrons. The van der Waals surface area contributed by atoms with Crippen molar-refractivity contribution in [3.05, 3.63) is 81.6 Å². The highest BCUT2D eigenvalue weighted by atomic mass is 127. The molecule has 0 radical (unpaired) electrons. The first-order valence-corrected chi connectivity index (χ1v) is 9.09. The van der Waals surface area contributed by atoms with Crippen LogP contribution < -0.4 is 10.6 Å². The molecular formula is C20H17IN2O3. The quantitative estimate of drug-likeness (QED) is 0.570. The van der Waals surface area contributed by atoms with E-state index in [2.05, 4.69) is 33.2 Å². The summed E-state index contributed by atoms with van der Waals surface area (Å²) >= 11 is 2.23. The Kier molecular flexibility index (Phi) is 5.72. The van der Waals surface area contributed by atoms with Gasteiger partial charge in [-0.25, -0.2) is 0 Å². The molecule has 0 fully saturated rings. The van der Waals surface area contributed by atoms with Crippen LogP contribution in [-0.4, -0.2) is 18.9 Å². The molecule has 0 aliphatic heterocycles. The lowest BCUT2D eigenvalue weighted by atomic mass is 10.1. The lowest BCUT2D eigenvalue weighted by Crippen LogP contribution is -2.38. The summed E-state index contributed by atoms with van der Waals surface area (Å²) < 4.78 is 6.79. The Labute approximate surface area is 164 Å². The van der Waals surface area contributed by atoms with Crippen LogP contribution in [0.3, 0.4) is 0 Å². The molecule has 3 aromatic rings. The minimum absolute atomic E-state index is 0.156. The second-order valence-electron chi connectivity index (χ2n) is 5.60. The summed E-state index contributed by atoms with van der Waals surface area (Å²) in [6, 6.07) is 19.4. The lowest BCUT2D eigenvalue weighted by Gasteiger charge is -2.17. The molecule has 1 atom stereocenters. The third-order valence-electron chi connectivity index (χ3n) is 3.88. The fraction of sp³-hybridized carbons (Fsp3) is 0.100. The fourth-order valence-corrected chi connectivity index (χ4v) is 2.88. The van der Waals surface area contributed by atoms with Crippen molar-refractivity contribution in [2.45, 2.75) is 6.04 Å². The van der Waals surface area contributed by atoms with Gasteiger partial charge in [-0.2, -0.15) is 0 Å². The topological polar surface area (TPSA) is 71.3 Å². The zero-order valence-corrected chi connectivity index (χ0v) is 16.2. The molecule has 0 saturated carbocycles. The van der Waals surface area contributed by atoms with Crippen LogP contribution in [0.5, 0.6) is 0 Å². The number of nitrogens with one attached hydrogen (secondary N) is 2. The summed E-state index contributed by atoms with van der Waals surface area (Å²) in [6.07, 6.45) is 0. The molecule has 0 aliphatic carbocycles. The smallest absolute Gasteiger partial charge is 0.287 e. The highest BCUT2D eigenvalue weighted by Crippen LogP contribution is 2.23. The third-order valence-corrected chi connectivity index (χ3v) is 4.59. The number of rotatable bonds is 5. The van der Waals surface area contributed by atoms with E-state index < -0.39 is 11.9 Å². The Balaban J connectivity index is 1.80. The molecule has 0 spiro atoms. The van der Waals surface area contributed by atoms with Gasteiger partial charge in [0, 0.05) is 16.2 Å². The monoisotopic (exact) mass is 460 g/mol. The maximum atomic E-state index is 12.6. The number of hydrogen-bond donors (Lipinski definition) is 2. The first-order chi connectivity index (χ1) is 12.6. The molecule has 0 unspecified atom stereocenters. The Bertz CT molecular complexity index is 904. The van der Waals surface area contributed by atoms with Crippen LogP contribution in [-0.2, 0) is 4.79 Å². The molecule has 3 rings (SSSR count). The Morgan fingerprint density at radius 1 is 0.962 bits per heavy atom. The SMILES string of the molecule is CNC(=O)[C@@H](NC(=O)c1ccc(-c2ccc(I)cc2)o1)c1ccccc1. The van der Waals surface area contributed by atoms with Crippen LogP contribution in [0.25, 0.3) is 11.3 Å². The molecule has 2 aromatic carbocycles. The van der Waals surface area contributed by atoms with E-state index in [4.69, 9.17) is 4.42 Å². The van der Waals surface area contributed by atoms with Crippen molar-refractivity contribution in [3.8, 4) is 11.3 Å². The van der Waals surface area contributed by atoms with Gasteiger partial charge >= 0.3 is 0 Å². The predicted octanol–water partition coefficient (Wildman–Crippen LogP) is 3.77. The van der Waals surface area contributed by atoms with Crippen molar-refractivity contribution >= 4 is 34.4 Å². The Morgan fingerprint density at radius 3 is 2.31 bits per heavy atom. The standard InChI is InChI=1S/C20H17IN2O3/c1-22-20(25)18(14-5-3-2-4-6-14)23-19(24)17-12-11-16(26-17)13-7-9-15(21)10-8-13/h2-12,18H,1H3,(H,22,25)(H,23,24)/t18-/m0/s1. The number of furan rings is 1. The number of hydrogen-bond acceptors (Lipinski definition) is 3. The van der Waals surface area contributed by atoms with Crippen LogP contribution in [0.1, 0.15) is 22.2 Å². The van der Waals surface area contributed by atoms with Gasteiger partial charge in [0.2, 0.25) is 5.91 Å². The second-order valence-corrected chi connectivity index (χ2v) is 6.85. The van der Waals surface area contributed by atoms with Crippen LogP contribution >= 0.6 is 22.6 Å². The zero-order valence-electron chi connectivity index (χ0n) is 14.0. The van der Waals surface area contributed by atoms with Gasteiger partial charge in [0.05, 0.1) is 0 Å². The minimum atomic E-state index is -0.791. The fourth-order valence-electron chi connectivity index (χ4n) is 2.52. The van der Waals surface area contributed by atoms with E-state index in [9.17, 15) is 9.59 Å². The van der Waals surface area contributed by atoms with Gasteiger partial charge in [-0.3, -0.25) is 9.59 Å². The van der Waals surface area contributed by atoms with Gasteiger partial charge in [0.25, 0.3) is 5.91 Å². The first-order valence-electron chi connectivity index (χ1n) is 8.01. The summed E-state index contributed by atoms with van der Waals surface area (Å²) in [5, 5.41) is 5.30. The lowest BCUT2D eigenvalue weighted by molar-refractivity contribution is -0.122. The Hall–Kier alpha value is -2.61. The molecule has 1 aromatic heterocycles. The summed E-state index contributed by atoms with van der Waals surface area (Å²) in [7, 11) is 1.53. The molecule has 5 nitrogen and oxygen atoms in total. The van der Waals surface area contributed by atoms with E-state index in [1.807, 2.05) is 42.5 Å². The highest BCUT2D eigenvalue weighted by molar-refractivity contribution is 14.1. The van der Waals surface area contributed by atoms with Gasteiger partial charge in [0.15, 0.2) is 5.76 Å². The van der Waals surface area contributed by atoms with Crippen molar-refractivity contribution in [2.75, 3.05) is 7.05 Å². The second kappa shape index (κ2) is 8.18. The summed E-state index contributed by atoms with van der Waals surface area (Å²) in [5.74, 6) is 0.0133. The molecule has 1 heterocycles. The van der Waals surface area contributed by atoms with Gasteiger partial charge in [-0.05, 0) is 52.4 Å². The van der Waals surface area contributed by atoms with Gasteiger partial charge in [-0.15, -0.1) is 0 Å². The average Bonchev–Trinajstić information content (AvgIpc) is 3.17. The number of carbonyl (C=O) groups is 2. The van der Waals surface area contributed by atoms with E-state index in [0.717, 1.165) is 9.13 Å². The van der Waals surface area contributed by atoms with Crippen LogP contribution in [0.15, 0.2) is 71.1 Å². The van der Waals surface area contributed by atoms with Gasteiger partial charge in [0.1, 0.15) is 11.8 Å². The Morgan fingerprint density at radius 2 is 1.65 bits per heavy atom. The number of halogens is 1. The van der Waals surface area contributed by atoms with Crippen molar-refractivity contribution < 1.29 is 14.0 Å². The normalized spacial score (nSPS) is 11.6. The van der Waals surface area contributed by atoms with Crippen LogP contribution in [0, 0.1) is 3.57 Å². The van der Waals surface area contributed by atoms with Crippen molar-refractivity contribution in [1.29, 1.82) is 0 Å². The van der Waals surface area contributed by atoms with E-state index in [-0.39, 0.29) is 11.7 Å². The maximum absolute atomic E-state index is 12.6. The molecule has 0 aliphatic rings. The van der Waals surface area contributed by atoms with Crippen molar-refractivity contribution in [2.24, 2.45) is 0 Å². The third kappa shape index (κ3) is 4.13. The van der Waals surface area contributed by atoms with Crippen LogP contribution in [0.2, 0.25) is 0 Å². The number of likely N-dealkylation sites (N-methyl/N-ethyl adjacent to an activating group) is 1. The molecule has 26 heavy (non-hydrogen) atoms. The van der Waals surface area contributed by atoms with Crippen LogP contribution in [0.4, 0.5) is 0 Å². The molecule has 2 N–H and O–H groups in total. The minimum Gasteiger partial charge on any atom is -0.451 e. The van der Waals surface area contributed by atoms with E-state index in [1.165, 1.54) is 7.05 Å². The van der Waals surface area contributed by atoms with Crippen molar-refractivity contribution in [1.82, 2.24) is 10.6 Å². The number of benzene rings is 2. The molecular weight excluding hydrogens is 443 g/mol. The first kappa shape index (κ1) is 18.2. The summed E-state index contributed by atoms with van der Waals surface area (Å²) in [4.78, 5) is 24.7. The van der Waals surface area contributed by atoms with Gasteiger partial charge in [-0.1, -0.05) is 42.5 Å². The van der Waals surface area contributed by atoms with Crippen molar-refractivity contribution in [3.63, 3.8) is 0 Å². The summed E-state index contributed by atoms with van der Waals surface area (Å²) in [6.45, 7) is 0. The number of amides is 2. The molecule has 0 bridgehead atoms. The molecule has 2 amide bonds. The number of carbonyl (C=O) groups excluding carboxylic acids is 2. The van der Waals surface area contributed by atoms with E-state index >= 15 is 0 Å². The molecule has 6 heteroatoms. The van der Waals surface area contributed by atoms with Gasteiger partial charge < -0.3 is 15.1 Å². The van der Waals surface area contributed by atoms with E-state index in [1.54, 1.807) is 24.3 Å². The summed E-state index contributed by atoms with van der Waals surface area (Å²) in [5.41, 5.74) is 1.58. The predicted molar refractivity (Wildman–Crippen MR) is 108 cm³/mol. The molecule has 0 saturated heterocycles.